The summed E-state index contributed by atoms with van der Waals surface area (Å²) in [6.07, 6.45) is 5.38. The predicted octanol–water partition coefficient (Wildman–Crippen LogP) is 6.11. The van der Waals surface area contributed by atoms with Gasteiger partial charge in [0.05, 0.1) is 11.3 Å². The van der Waals surface area contributed by atoms with E-state index in [2.05, 4.69) is 50.6 Å². The third-order valence-corrected chi connectivity index (χ3v) is 9.01. The molecule has 3 aromatic heterocycles. The first-order valence-electron chi connectivity index (χ1n) is 11.1. The molecule has 0 saturated heterocycles. The number of thioether (sulfide) groups is 1. The van der Waals surface area contributed by atoms with Crippen LogP contribution in [0.15, 0.2) is 34.8 Å². The van der Waals surface area contributed by atoms with Crippen molar-refractivity contribution in [3.63, 3.8) is 0 Å². The Labute approximate surface area is 204 Å². The number of hydrogen-bond donors (Lipinski definition) is 1. The van der Waals surface area contributed by atoms with Crippen LogP contribution < -0.4 is 5.32 Å². The molecule has 0 saturated carbocycles. The molecule has 1 aliphatic carbocycles. The van der Waals surface area contributed by atoms with Crippen molar-refractivity contribution in [3.05, 3.63) is 45.6 Å². The molecule has 0 bridgehead atoms. The highest BCUT2D eigenvalue weighted by molar-refractivity contribution is 7.99. The van der Waals surface area contributed by atoms with E-state index in [1.807, 2.05) is 12.1 Å². The quantitative estimate of drug-likeness (QED) is 0.259. The Hall–Kier alpha value is -2.67. The SMILES string of the molecule is CCn1c(SCC(=O)Nc2sc3c(c2C#N)CCCCC3)nnc1-c1csc2ccccc12. The highest BCUT2D eigenvalue weighted by atomic mass is 32.2. The lowest BCUT2D eigenvalue weighted by Gasteiger charge is -2.07. The first-order valence-corrected chi connectivity index (χ1v) is 13.7. The molecule has 33 heavy (non-hydrogen) atoms. The van der Waals surface area contributed by atoms with Crippen LogP contribution in [0.4, 0.5) is 5.00 Å². The van der Waals surface area contributed by atoms with E-state index in [9.17, 15) is 10.1 Å². The monoisotopic (exact) mass is 493 g/mol. The van der Waals surface area contributed by atoms with E-state index in [1.54, 1.807) is 22.7 Å². The second-order valence-corrected chi connectivity index (χ2v) is 10.9. The Balaban J connectivity index is 1.31. The van der Waals surface area contributed by atoms with Crippen LogP contribution >= 0.6 is 34.4 Å². The van der Waals surface area contributed by atoms with Crippen molar-refractivity contribution in [3.8, 4) is 17.5 Å². The van der Waals surface area contributed by atoms with Crippen LogP contribution in [0.1, 0.15) is 42.2 Å². The third kappa shape index (κ3) is 4.31. The summed E-state index contributed by atoms with van der Waals surface area (Å²) in [7, 11) is 0. The summed E-state index contributed by atoms with van der Waals surface area (Å²) in [5.41, 5.74) is 2.86. The number of amides is 1. The fraction of sp³-hybridized carbons (Fsp3) is 0.333. The van der Waals surface area contributed by atoms with Crippen LogP contribution in [0.2, 0.25) is 0 Å². The third-order valence-electron chi connectivity index (χ3n) is 5.87. The minimum absolute atomic E-state index is 0.124. The summed E-state index contributed by atoms with van der Waals surface area (Å²) in [5, 5.41) is 26.2. The standard InChI is InChI=1S/C24H23N5OS3/c1-2-29-22(18-13-31-19-10-7-6-9-16(18)19)27-28-24(29)32-14-21(30)26-23-17(12-25)15-8-4-3-5-11-20(15)33-23/h6-7,9-10,13H,2-5,8,11,14H2,1H3,(H,26,30). The summed E-state index contributed by atoms with van der Waals surface area (Å²) in [4.78, 5) is 14.0. The van der Waals surface area contributed by atoms with Crippen molar-refractivity contribution < 1.29 is 4.79 Å². The van der Waals surface area contributed by atoms with Gasteiger partial charge in [-0.25, -0.2) is 0 Å². The van der Waals surface area contributed by atoms with Crippen molar-refractivity contribution in [2.45, 2.75) is 50.7 Å². The second-order valence-electron chi connectivity index (χ2n) is 7.91. The highest BCUT2D eigenvalue weighted by Gasteiger charge is 2.22. The van der Waals surface area contributed by atoms with Crippen LogP contribution in [-0.2, 0) is 24.2 Å². The van der Waals surface area contributed by atoms with Crippen LogP contribution in [0, 0.1) is 11.3 Å². The van der Waals surface area contributed by atoms with Gasteiger partial charge in [-0.15, -0.1) is 32.9 Å². The Morgan fingerprint density at radius 2 is 2.09 bits per heavy atom. The normalized spacial score (nSPS) is 13.5. The van der Waals surface area contributed by atoms with Gasteiger partial charge in [0, 0.05) is 32.5 Å². The molecule has 1 aromatic carbocycles. The lowest BCUT2D eigenvalue weighted by atomic mass is 10.1. The second kappa shape index (κ2) is 9.67. The van der Waals surface area contributed by atoms with Gasteiger partial charge in [-0.3, -0.25) is 4.79 Å². The molecule has 4 aromatic rings. The number of carbonyl (C=O) groups excluding carboxylic acids is 1. The Morgan fingerprint density at radius 3 is 2.94 bits per heavy atom. The van der Waals surface area contributed by atoms with Gasteiger partial charge in [-0.05, 0) is 44.2 Å². The lowest BCUT2D eigenvalue weighted by molar-refractivity contribution is -0.113. The Bertz CT molecular complexity index is 1360. The van der Waals surface area contributed by atoms with Gasteiger partial charge in [-0.1, -0.05) is 36.4 Å². The summed E-state index contributed by atoms with van der Waals surface area (Å²) < 4.78 is 3.27. The maximum absolute atomic E-state index is 12.8. The molecule has 9 heteroatoms. The average molecular weight is 494 g/mol. The maximum Gasteiger partial charge on any atom is 0.235 e. The maximum atomic E-state index is 12.8. The number of aromatic nitrogens is 3. The van der Waals surface area contributed by atoms with Crippen molar-refractivity contribution >= 4 is 55.4 Å². The van der Waals surface area contributed by atoms with Crippen molar-refractivity contribution in [1.82, 2.24) is 14.8 Å². The molecule has 0 radical (unpaired) electrons. The Kier molecular flexibility index (Phi) is 6.49. The topological polar surface area (TPSA) is 83.6 Å². The van der Waals surface area contributed by atoms with E-state index in [1.165, 1.54) is 33.1 Å². The number of aryl methyl sites for hydroxylation is 1. The summed E-state index contributed by atoms with van der Waals surface area (Å²) in [5.74, 6) is 0.920. The number of benzene rings is 1. The number of anilines is 1. The lowest BCUT2D eigenvalue weighted by Crippen LogP contribution is -2.14. The first-order chi connectivity index (χ1) is 16.2. The molecule has 0 aliphatic heterocycles. The molecule has 3 heterocycles. The molecule has 5 rings (SSSR count). The molecule has 1 N–H and O–H groups in total. The highest BCUT2D eigenvalue weighted by Crippen LogP contribution is 2.37. The van der Waals surface area contributed by atoms with Gasteiger partial charge in [-0.2, -0.15) is 5.26 Å². The minimum atomic E-state index is -0.124. The number of nitriles is 1. The molecule has 0 unspecified atom stereocenters. The fourth-order valence-electron chi connectivity index (χ4n) is 4.27. The van der Waals surface area contributed by atoms with Crippen LogP contribution in [0.5, 0.6) is 0 Å². The van der Waals surface area contributed by atoms with Crippen LogP contribution in [0.3, 0.4) is 0 Å². The zero-order valence-electron chi connectivity index (χ0n) is 18.3. The van der Waals surface area contributed by atoms with Gasteiger partial charge >= 0.3 is 0 Å². The van der Waals surface area contributed by atoms with Crippen LogP contribution in [-0.4, -0.2) is 26.4 Å². The molecule has 0 spiro atoms. The smallest absolute Gasteiger partial charge is 0.235 e. The molecule has 0 fully saturated rings. The molecule has 6 nitrogen and oxygen atoms in total. The van der Waals surface area contributed by atoms with E-state index < -0.39 is 0 Å². The number of thiophene rings is 2. The van der Waals surface area contributed by atoms with Gasteiger partial charge in [0.1, 0.15) is 11.1 Å². The van der Waals surface area contributed by atoms with Gasteiger partial charge in [0.15, 0.2) is 11.0 Å². The van der Waals surface area contributed by atoms with E-state index >= 15 is 0 Å². The largest absolute Gasteiger partial charge is 0.316 e. The van der Waals surface area contributed by atoms with Gasteiger partial charge < -0.3 is 9.88 Å². The van der Waals surface area contributed by atoms with Crippen molar-refractivity contribution in [2.24, 2.45) is 0 Å². The molecule has 168 valence electrons. The minimum Gasteiger partial charge on any atom is -0.316 e. The van der Waals surface area contributed by atoms with Crippen molar-refractivity contribution in [2.75, 3.05) is 11.1 Å². The van der Waals surface area contributed by atoms with Crippen molar-refractivity contribution in [1.29, 1.82) is 5.26 Å². The molecule has 0 atom stereocenters. The number of nitrogens with one attached hydrogen (secondary N) is 1. The molecular formula is C24H23N5OS3. The van der Waals surface area contributed by atoms with Gasteiger partial charge in [0.25, 0.3) is 0 Å². The molecule has 1 aliphatic rings. The van der Waals surface area contributed by atoms with Gasteiger partial charge in [0.2, 0.25) is 5.91 Å². The van der Waals surface area contributed by atoms with E-state index in [0.717, 1.165) is 47.8 Å². The first kappa shape index (κ1) is 22.1. The number of rotatable bonds is 6. The summed E-state index contributed by atoms with van der Waals surface area (Å²) >= 11 is 4.64. The summed E-state index contributed by atoms with van der Waals surface area (Å²) in [6.45, 7) is 2.77. The predicted molar refractivity (Wildman–Crippen MR) is 136 cm³/mol. The number of carbonyl (C=O) groups is 1. The summed E-state index contributed by atoms with van der Waals surface area (Å²) in [6, 6.07) is 10.6. The number of nitrogens with zero attached hydrogens (tertiary/aromatic N) is 4. The van der Waals surface area contributed by atoms with Crippen LogP contribution in [0.25, 0.3) is 21.5 Å². The fourth-order valence-corrected chi connectivity index (χ4v) is 7.27. The zero-order valence-corrected chi connectivity index (χ0v) is 20.7. The number of hydrogen-bond acceptors (Lipinski definition) is 7. The van der Waals surface area contributed by atoms with E-state index in [-0.39, 0.29) is 11.7 Å². The average Bonchev–Trinajstić information content (AvgIpc) is 3.47. The van der Waals surface area contributed by atoms with E-state index in [0.29, 0.717) is 17.1 Å². The molecule has 1 amide bonds. The van der Waals surface area contributed by atoms with E-state index in [4.69, 9.17) is 0 Å². The zero-order chi connectivity index (χ0) is 22.8. The number of fused-ring (bicyclic) bond motifs is 2. The molecular weight excluding hydrogens is 470 g/mol. The Morgan fingerprint density at radius 1 is 1.24 bits per heavy atom.